The van der Waals surface area contributed by atoms with Crippen LogP contribution in [0, 0.1) is 19.7 Å². The monoisotopic (exact) mass is 373 g/mol. The zero-order valence-electron chi connectivity index (χ0n) is 11.3. The van der Waals surface area contributed by atoms with Crippen molar-refractivity contribution in [2.75, 3.05) is 10.5 Å². The normalized spacial score (nSPS) is 11.4. The lowest BCUT2D eigenvalue weighted by atomic mass is 10.2. The summed E-state index contributed by atoms with van der Waals surface area (Å²) in [4.78, 5) is 3.75. The van der Waals surface area contributed by atoms with Crippen molar-refractivity contribution in [3.8, 4) is 0 Å². The maximum Gasteiger partial charge on any atom is 0.263 e. The molecule has 0 saturated carbocycles. The Labute approximate surface area is 130 Å². The molecule has 0 unspecified atom stereocenters. The Morgan fingerprint density at radius 1 is 1.29 bits per heavy atom. The maximum atomic E-state index is 13.6. The summed E-state index contributed by atoms with van der Waals surface area (Å²) < 4.78 is 41.2. The summed E-state index contributed by atoms with van der Waals surface area (Å²) in [5, 5.41) is 0. The van der Waals surface area contributed by atoms with Gasteiger partial charge in [0, 0.05) is 21.9 Å². The zero-order chi connectivity index (χ0) is 15.8. The molecule has 0 radical (unpaired) electrons. The number of nitrogens with two attached hydrogens (primary N) is 1. The number of anilines is 2. The van der Waals surface area contributed by atoms with Crippen LogP contribution in [0.4, 0.5) is 15.9 Å². The number of sulfonamides is 1. The molecule has 2 aromatic rings. The molecule has 0 spiro atoms. The standard InChI is InChI=1S/C13H13BrFN3O2S/c1-7-3-9(14)6-17-13(7)18-21(19,20)10-4-11(15)8(2)12(16)5-10/h3-6H,16H2,1-2H3,(H,17,18). The first-order valence-corrected chi connectivity index (χ1v) is 8.19. The molecule has 0 bridgehead atoms. The Morgan fingerprint density at radius 2 is 1.95 bits per heavy atom. The Kier molecular flexibility index (Phi) is 4.20. The molecule has 0 aliphatic carbocycles. The molecule has 1 heterocycles. The summed E-state index contributed by atoms with van der Waals surface area (Å²) in [7, 11) is -3.96. The SMILES string of the molecule is Cc1cc(Br)cnc1NS(=O)(=O)c1cc(N)c(C)c(F)c1. The fraction of sp³-hybridized carbons (Fsp3) is 0.154. The minimum absolute atomic E-state index is 0.0795. The molecule has 0 aliphatic rings. The van der Waals surface area contributed by atoms with Crippen LogP contribution >= 0.6 is 15.9 Å². The molecular formula is C13H13BrFN3O2S. The molecule has 1 aromatic carbocycles. The predicted octanol–water partition coefficient (Wildman–Crippen LogP) is 2.98. The van der Waals surface area contributed by atoms with Crippen molar-refractivity contribution in [1.29, 1.82) is 0 Å². The number of nitrogen functional groups attached to an aromatic ring is 1. The van der Waals surface area contributed by atoms with Crippen LogP contribution < -0.4 is 10.5 Å². The highest BCUT2D eigenvalue weighted by molar-refractivity contribution is 9.10. The van der Waals surface area contributed by atoms with Gasteiger partial charge in [-0.2, -0.15) is 0 Å². The highest BCUT2D eigenvalue weighted by atomic mass is 79.9. The van der Waals surface area contributed by atoms with Crippen molar-refractivity contribution >= 4 is 37.5 Å². The topological polar surface area (TPSA) is 85.1 Å². The molecule has 1 aromatic heterocycles. The number of pyridine rings is 1. The van der Waals surface area contributed by atoms with E-state index in [4.69, 9.17) is 5.73 Å². The van der Waals surface area contributed by atoms with Gasteiger partial charge >= 0.3 is 0 Å². The highest BCUT2D eigenvalue weighted by Gasteiger charge is 2.19. The first kappa shape index (κ1) is 15.7. The summed E-state index contributed by atoms with van der Waals surface area (Å²) >= 11 is 3.24. The van der Waals surface area contributed by atoms with E-state index in [1.54, 1.807) is 13.0 Å². The van der Waals surface area contributed by atoms with Crippen LogP contribution in [0.25, 0.3) is 0 Å². The van der Waals surface area contributed by atoms with Crippen molar-refractivity contribution in [2.24, 2.45) is 0 Å². The second-order valence-electron chi connectivity index (χ2n) is 4.54. The van der Waals surface area contributed by atoms with Crippen LogP contribution in [0.5, 0.6) is 0 Å². The molecule has 0 aliphatic heterocycles. The van der Waals surface area contributed by atoms with E-state index < -0.39 is 15.8 Å². The number of aryl methyl sites for hydroxylation is 1. The lowest BCUT2D eigenvalue weighted by molar-refractivity contribution is 0.593. The van der Waals surface area contributed by atoms with E-state index in [1.807, 2.05) is 0 Å². The number of aromatic nitrogens is 1. The van der Waals surface area contributed by atoms with E-state index >= 15 is 0 Å². The van der Waals surface area contributed by atoms with Crippen LogP contribution in [0.3, 0.4) is 0 Å². The van der Waals surface area contributed by atoms with Crippen molar-refractivity contribution in [3.63, 3.8) is 0 Å². The number of rotatable bonds is 3. The van der Waals surface area contributed by atoms with Crippen LogP contribution in [0.15, 0.2) is 33.8 Å². The predicted molar refractivity (Wildman–Crippen MR) is 83.0 cm³/mol. The van der Waals surface area contributed by atoms with Crippen LogP contribution in [0.1, 0.15) is 11.1 Å². The molecule has 0 fully saturated rings. The van der Waals surface area contributed by atoms with Gasteiger partial charge in [-0.05, 0) is 53.5 Å². The van der Waals surface area contributed by atoms with E-state index in [1.165, 1.54) is 19.2 Å². The van der Waals surface area contributed by atoms with Gasteiger partial charge in [-0.1, -0.05) is 0 Å². The molecule has 8 heteroatoms. The largest absolute Gasteiger partial charge is 0.398 e. The Morgan fingerprint density at radius 3 is 2.52 bits per heavy atom. The summed E-state index contributed by atoms with van der Waals surface area (Å²) in [5.74, 6) is -0.492. The van der Waals surface area contributed by atoms with Gasteiger partial charge in [-0.15, -0.1) is 0 Å². The fourth-order valence-electron chi connectivity index (χ4n) is 1.66. The van der Waals surface area contributed by atoms with Gasteiger partial charge in [-0.25, -0.2) is 17.8 Å². The van der Waals surface area contributed by atoms with Gasteiger partial charge in [0.25, 0.3) is 10.0 Å². The third-order valence-electron chi connectivity index (χ3n) is 2.94. The molecule has 0 saturated heterocycles. The van der Waals surface area contributed by atoms with E-state index in [2.05, 4.69) is 25.6 Å². The average molecular weight is 374 g/mol. The second-order valence-corrected chi connectivity index (χ2v) is 7.14. The summed E-state index contributed by atoms with van der Waals surface area (Å²) in [5.41, 5.74) is 6.53. The third-order valence-corrected chi connectivity index (χ3v) is 4.70. The van der Waals surface area contributed by atoms with E-state index in [0.29, 0.717) is 5.56 Å². The number of halogens is 2. The van der Waals surface area contributed by atoms with Gasteiger partial charge < -0.3 is 5.73 Å². The van der Waals surface area contributed by atoms with Gasteiger partial charge in [0.1, 0.15) is 11.6 Å². The molecule has 0 atom stereocenters. The third kappa shape index (κ3) is 3.33. The quantitative estimate of drug-likeness (QED) is 0.809. The summed E-state index contributed by atoms with van der Waals surface area (Å²) in [6.45, 7) is 3.19. The van der Waals surface area contributed by atoms with Crippen molar-refractivity contribution < 1.29 is 12.8 Å². The highest BCUT2D eigenvalue weighted by Crippen LogP contribution is 2.24. The van der Waals surface area contributed by atoms with Crippen LogP contribution in [-0.2, 0) is 10.0 Å². The smallest absolute Gasteiger partial charge is 0.263 e. The molecule has 0 amide bonds. The van der Waals surface area contributed by atoms with Gasteiger partial charge in [0.05, 0.1) is 4.90 Å². The summed E-state index contributed by atoms with van der Waals surface area (Å²) in [6, 6.07) is 3.87. The minimum atomic E-state index is -3.96. The molecule has 3 N–H and O–H groups in total. The van der Waals surface area contributed by atoms with Crippen molar-refractivity contribution in [3.05, 3.63) is 45.8 Å². The number of benzene rings is 1. The summed E-state index contributed by atoms with van der Waals surface area (Å²) in [6.07, 6.45) is 1.47. The van der Waals surface area contributed by atoms with Gasteiger partial charge in [0.2, 0.25) is 0 Å². The van der Waals surface area contributed by atoms with Gasteiger partial charge in [-0.3, -0.25) is 4.72 Å². The van der Waals surface area contributed by atoms with E-state index in [9.17, 15) is 12.8 Å². The van der Waals surface area contributed by atoms with Gasteiger partial charge in [0.15, 0.2) is 0 Å². The van der Waals surface area contributed by atoms with E-state index in [-0.39, 0.29) is 22.0 Å². The minimum Gasteiger partial charge on any atom is -0.398 e. The Bertz CT molecular complexity index is 786. The first-order chi connectivity index (χ1) is 9.70. The second kappa shape index (κ2) is 5.61. The number of hydrogen-bond acceptors (Lipinski definition) is 4. The fourth-order valence-corrected chi connectivity index (χ4v) is 3.24. The lowest BCUT2D eigenvalue weighted by Crippen LogP contribution is -2.15. The van der Waals surface area contributed by atoms with Crippen LogP contribution in [0.2, 0.25) is 0 Å². The first-order valence-electron chi connectivity index (χ1n) is 5.91. The molecule has 21 heavy (non-hydrogen) atoms. The molecule has 5 nitrogen and oxygen atoms in total. The molecule has 2 rings (SSSR count). The lowest BCUT2D eigenvalue weighted by Gasteiger charge is -2.11. The number of hydrogen-bond donors (Lipinski definition) is 2. The van der Waals surface area contributed by atoms with E-state index in [0.717, 1.165) is 10.5 Å². The maximum absolute atomic E-state index is 13.6. The van der Waals surface area contributed by atoms with Crippen LogP contribution in [-0.4, -0.2) is 13.4 Å². The number of nitrogens with one attached hydrogen (secondary N) is 1. The Hall–Kier alpha value is -1.67. The molecule has 112 valence electrons. The van der Waals surface area contributed by atoms with Crippen molar-refractivity contribution in [1.82, 2.24) is 4.98 Å². The molecular weight excluding hydrogens is 361 g/mol. The number of nitrogens with zero attached hydrogens (tertiary/aromatic N) is 1. The zero-order valence-corrected chi connectivity index (χ0v) is 13.7. The van der Waals surface area contributed by atoms with Crippen molar-refractivity contribution in [2.45, 2.75) is 18.7 Å². The average Bonchev–Trinajstić information content (AvgIpc) is 2.38. The Balaban J connectivity index is 2.43.